The molecule has 1 aromatic carbocycles. The van der Waals surface area contributed by atoms with E-state index in [1.165, 1.54) is 0 Å². The molecule has 2 rings (SSSR count). The Hall–Kier alpha value is -0.580. The monoisotopic (exact) mass is 346 g/mol. The molecule has 2 atom stereocenters. The molecule has 19 heavy (non-hydrogen) atoms. The van der Waals surface area contributed by atoms with Gasteiger partial charge in [-0.1, -0.05) is 35.0 Å². The maximum atomic E-state index is 12.2. The van der Waals surface area contributed by atoms with Crippen LogP contribution < -0.4 is 5.73 Å². The molecule has 0 bridgehead atoms. The Morgan fingerprint density at radius 3 is 2.89 bits per heavy atom. The summed E-state index contributed by atoms with van der Waals surface area (Å²) in [6.07, 6.45) is 1.38. The molecule has 2 N–H and O–H groups in total. The summed E-state index contributed by atoms with van der Waals surface area (Å²) in [4.78, 5) is 14.1. The molecule has 1 fully saturated rings. The number of rotatable bonds is 2. The average molecular weight is 348 g/mol. The third-order valence-corrected chi connectivity index (χ3v) is 4.06. The summed E-state index contributed by atoms with van der Waals surface area (Å²) < 4.78 is 1.02. The number of benzene rings is 1. The highest BCUT2D eigenvalue weighted by Gasteiger charge is 2.26. The van der Waals surface area contributed by atoms with Crippen LogP contribution in [0.3, 0.4) is 0 Å². The highest BCUT2D eigenvalue weighted by atomic mass is 79.9. The predicted octanol–water partition coefficient (Wildman–Crippen LogP) is 2.61. The predicted molar refractivity (Wildman–Crippen MR) is 83.4 cm³/mol. The number of piperidine rings is 1. The summed E-state index contributed by atoms with van der Waals surface area (Å²) in [5.74, 6) is 0.594. The van der Waals surface area contributed by atoms with Crippen molar-refractivity contribution in [2.75, 3.05) is 13.1 Å². The Kier molecular flexibility index (Phi) is 6.30. The van der Waals surface area contributed by atoms with E-state index in [0.717, 1.165) is 29.5 Å². The van der Waals surface area contributed by atoms with Crippen molar-refractivity contribution in [2.24, 2.45) is 11.7 Å². The number of carbonyl (C=O) groups is 1. The fourth-order valence-corrected chi connectivity index (χ4v) is 2.77. The zero-order valence-corrected chi connectivity index (χ0v) is 13.4. The van der Waals surface area contributed by atoms with Gasteiger partial charge in [-0.2, -0.15) is 0 Å². The molecule has 1 heterocycles. The van der Waals surface area contributed by atoms with E-state index >= 15 is 0 Å². The zero-order chi connectivity index (χ0) is 13.1. The van der Waals surface area contributed by atoms with Crippen LogP contribution in [0.25, 0.3) is 0 Å². The fraction of sp³-hybridized carbons (Fsp3) is 0.500. The third kappa shape index (κ3) is 4.48. The quantitative estimate of drug-likeness (QED) is 0.894. The molecule has 1 amide bonds. The van der Waals surface area contributed by atoms with E-state index in [4.69, 9.17) is 5.73 Å². The SMILES string of the molecule is CC1CN(C(=O)Cc2cccc(Br)c2)CCC1N.Cl. The van der Waals surface area contributed by atoms with Crippen LogP contribution in [0.1, 0.15) is 18.9 Å². The van der Waals surface area contributed by atoms with E-state index in [1.807, 2.05) is 29.2 Å². The number of amides is 1. The second-order valence-electron chi connectivity index (χ2n) is 5.08. The van der Waals surface area contributed by atoms with Gasteiger partial charge < -0.3 is 10.6 Å². The van der Waals surface area contributed by atoms with Gasteiger partial charge in [0.05, 0.1) is 6.42 Å². The van der Waals surface area contributed by atoms with Crippen molar-refractivity contribution in [2.45, 2.75) is 25.8 Å². The van der Waals surface area contributed by atoms with Crippen LogP contribution in [0, 0.1) is 5.92 Å². The Labute approximate surface area is 129 Å². The van der Waals surface area contributed by atoms with Gasteiger partial charge in [0.1, 0.15) is 0 Å². The molecule has 0 radical (unpaired) electrons. The first-order chi connectivity index (χ1) is 8.56. The summed E-state index contributed by atoms with van der Waals surface area (Å²) in [7, 11) is 0. The summed E-state index contributed by atoms with van der Waals surface area (Å²) in [5, 5.41) is 0. The molecule has 5 heteroatoms. The van der Waals surface area contributed by atoms with Crippen molar-refractivity contribution in [3.63, 3.8) is 0 Å². The summed E-state index contributed by atoms with van der Waals surface area (Å²) in [6.45, 7) is 3.69. The maximum Gasteiger partial charge on any atom is 0.227 e. The summed E-state index contributed by atoms with van der Waals surface area (Å²) in [5.41, 5.74) is 7.02. The molecule has 1 aliphatic rings. The van der Waals surface area contributed by atoms with E-state index < -0.39 is 0 Å². The average Bonchev–Trinajstić information content (AvgIpc) is 2.32. The Morgan fingerprint density at radius 1 is 1.53 bits per heavy atom. The highest BCUT2D eigenvalue weighted by Crippen LogP contribution is 2.17. The molecule has 106 valence electrons. The molecule has 1 aliphatic heterocycles. The number of nitrogens with zero attached hydrogens (tertiary/aromatic N) is 1. The van der Waals surface area contributed by atoms with Gasteiger partial charge in [-0.15, -0.1) is 12.4 Å². The van der Waals surface area contributed by atoms with Crippen molar-refractivity contribution in [1.29, 1.82) is 0 Å². The van der Waals surface area contributed by atoms with Crippen LogP contribution in [-0.4, -0.2) is 29.9 Å². The Bertz CT molecular complexity index is 441. The Morgan fingerprint density at radius 2 is 2.26 bits per heavy atom. The number of hydrogen-bond acceptors (Lipinski definition) is 2. The standard InChI is InChI=1S/C14H19BrN2O.ClH/c1-10-9-17(6-5-13(10)16)14(18)8-11-3-2-4-12(15)7-11;/h2-4,7,10,13H,5-6,8-9,16H2,1H3;1H. The lowest BCUT2D eigenvalue weighted by Gasteiger charge is -2.35. The van der Waals surface area contributed by atoms with Crippen molar-refractivity contribution in [3.05, 3.63) is 34.3 Å². The third-order valence-electron chi connectivity index (χ3n) is 3.57. The molecule has 3 nitrogen and oxygen atoms in total. The van der Waals surface area contributed by atoms with Gasteiger partial charge in [0.25, 0.3) is 0 Å². The molecular formula is C14H20BrClN2O. The van der Waals surface area contributed by atoms with Gasteiger partial charge in [0.2, 0.25) is 5.91 Å². The topological polar surface area (TPSA) is 46.3 Å². The van der Waals surface area contributed by atoms with E-state index in [-0.39, 0.29) is 24.4 Å². The smallest absolute Gasteiger partial charge is 0.227 e. The second kappa shape index (κ2) is 7.27. The molecule has 0 aliphatic carbocycles. The van der Waals surface area contributed by atoms with Crippen LogP contribution in [0.5, 0.6) is 0 Å². The van der Waals surface area contributed by atoms with Crippen LogP contribution in [0.2, 0.25) is 0 Å². The van der Waals surface area contributed by atoms with Gasteiger partial charge >= 0.3 is 0 Å². The van der Waals surface area contributed by atoms with E-state index in [2.05, 4.69) is 22.9 Å². The van der Waals surface area contributed by atoms with E-state index in [0.29, 0.717) is 12.3 Å². The number of nitrogens with two attached hydrogens (primary N) is 1. The Balaban J connectivity index is 0.00000180. The number of likely N-dealkylation sites (tertiary alicyclic amines) is 1. The number of hydrogen-bond donors (Lipinski definition) is 1. The van der Waals surface area contributed by atoms with Crippen molar-refractivity contribution in [3.8, 4) is 0 Å². The van der Waals surface area contributed by atoms with Gasteiger partial charge in [-0.3, -0.25) is 4.79 Å². The number of halogens is 2. The molecule has 0 aromatic heterocycles. The van der Waals surface area contributed by atoms with Gasteiger partial charge in [0, 0.05) is 23.6 Å². The second-order valence-corrected chi connectivity index (χ2v) is 5.99. The summed E-state index contributed by atoms with van der Waals surface area (Å²) >= 11 is 3.42. The van der Waals surface area contributed by atoms with Crippen LogP contribution >= 0.6 is 28.3 Å². The minimum atomic E-state index is 0. The molecular weight excluding hydrogens is 328 g/mol. The molecule has 0 saturated carbocycles. The molecule has 2 unspecified atom stereocenters. The first kappa shape index (κ1) is 16.5. The zero-order valence-electron chi connectivity index (χ0n) is 11.0. The van der Waals surface area contributed by atoms with Crippen molar-refractivity contribution in [1.82, 2.24) is 4.90 Å². The largest absolute Gasteiger partial charge is 0.342 e. The van der Waals surface area contributed by atoms with Gasteiger partial charge in [-0.25, -0.2) is 0 Å². The lowest BCUT2D eigenvalue weighted by molar-refractivity contribution is -0.132. The van der Waals surface area contributed by atoms with Crippen molar-refractivity contribution < 1.29 is 4.79 Å². The molecule has 1 aromatic rings. The van der Waals surface area contributed by atoms with Crippen LogP contribution in [-0.2, 0) is 11.2 Å². The lowest BCUT2D eigenvalue weighted by Crippen LogP contribution is -2.48. The minimum Gasteiger partial charge on any atom is -0.342 e. The summed E-state index contributed by atoms with van der Waals surface area (Å²) in [6, 6.07) is 8.15. The highest BCUT2D eigenvalue weighted by molar-refractivity contribution is 9.10. The lowest BCUT2D eigenvalue weighted by atomic mass is 9.94. The number of carbonyl (C=O) groups excluding carboxylic acids is 1. The van der Waals surface area contributed by atoms with Crippen LogP contribution in [0.15, 0.2) is 28.7 Å². The first-order valence-corrected chi connectivity index (χ1v) is 7.13. The van der Waals surface area contributed by atoms with Gasteiger partial charge in [-0.05, 0) is 30.0 Å². The first-order valence-electron chi connectivity index (χ1n) is 6.34. The van der Waals surface area contributed by atoms with E-state index in [1.54, 1.807) is 0 Å². The minimum absolute atomic E-state index is 0. The van der Waals surface area contributed by atoms with E-state index in [9.17, 15) is 4.79 Å². The molecule has 1 saturated heterocycles. The normalized spacial score (nSPS) is 22.8. The maximum absolute atomic E-state index is 12.2. The van der Waals surface area contributed by atoms with Crippen molar-refractivity contribution >= 4 is 34.2 Å². The fourth-order valence-electron chi connectivity index (χ4n) is 2.32. The molecule has 0 spiro atoms. The van der Waals surface area contributed by atoms with Crippen LogP contribution in [0.4, 0.5) is 0 Å². The van der Waals surface area contributed by atoms with Gasteiger partial charge in [0.15, 0.2) is 0 Å².